The topological polar surface area (TPSA) is 60.2 Å². The number of para-hydroxylation sites is 1. The van der Waals surface area contributed by atoms with E-state index in [1.54, 1.807) is 6.92 Å². The number of ether oxygens (including phenoxy) is 1. The summed E-state index contributed by atoms with van der Waals surface area (Å²) < 4.78 is 10.6. The van der Waals surface area contributed by atoms with E-state index in [-0.39, 0.29) is 6.04 Å². The van der Waals surface area contributed by atoms with E-state index >= 15 is 0 Å². The number of anilines is 1. The first kappa shape index (κ1) is 9.21. The molecular weight excluding hydrogens is 206 g/mol. The maximum Gasteiger partial charge on any atom is 0.322 e. The highest BCUT2D eigenvalue weighted by Crippen LogP contribution is 2.33. The molecule has 0 fully saturated rings. The standard InChI is InChI=1S/C11H11N3O2/c1-7-12-11(16-14-7)13-9-6-15-10-5-3-2-4-8(9)10/h2-5,9H,6H2,1H3,(H,12,13,14). The van der Waals surface area contributed by atoms with Crippen molar-refractivity contribution in [2.45, 2.75) is 13.0 Å². The minimum absolute atomic E-state index is 0.0797. The number of benzene rings is 1. The minimum Gasteiger partial charge on any atom is -0.491 e. The van der Waals surface area contributed by atoms with Gasteiger partial charge < -0.3 is 14.6 Å². The highest BCUT2D eigenvalue weighted by Gasteiger charge is 2.24. The smallest absolute Gasteiger partial charge is 0.322 e. The summed E-state index contributed by atoms with van der Waals surface area (Å²) in [6, 6.07) is 8.44. The SMILES string of the molecule is Cc1noc(NC2COc3ccccc32)n1. The number of aromatic nitrogens is 2. The van der Waals surface area contributed by atoms with Gasteiger partial charge in [-0.2, -0.15) is 4.98 Å². The first-order valence-corrected chi connectivity index (χ1v) is 5.11. The van der Waals surface area contributed by atoms with E-state index < -0.39 is 0 Å². The van der Waals surface area contributed by atoms with Crippen molar-refractivity contribution in [2.75, 3.05) is 11.9 Å². The molecule has 1 aromatic carbocycles. The van der Waals surface area contributed by atoms with Gasteiger partial charge in [0.2, 0.25) is 0 Å². The van der Waals surface area contributed by atoms with E-state index in [0.29, 0.717) is 18.4 Å². The van der Waals surface area contributed by atoms with Crippen molar-refractivity contribution >= 4 is 6.01 Å². The average molecular weight is 217 g/mol. The Morgan fingerprint density at radius 2 is 2.25 bits per heavy atom. The van der Waals surface area contributed by atoms with Gasteiger partial charge in [-0.25, -0.2) is 0 Å². The van der Waals surface area contributed by atoms with Crippen LogP contribution in [-0.2, 0) is 0 Å². The molecule has 16 heavy (non-hydrogen) atoms. The van der Waals surface area contributed by atoms with Gasteiger partial charge >= 0.3 is 6.01 Å². The summed E-state index contributed by atoms with van der Waals surface area (Å²) in [5, 5.41) is 6.88. The second-order valence-corrected chi connectivity index (χ2v) is 3.69. The molecule has 0 saturated heterocycles. The fourth-order valence-electron chi connectivity index (χ4n) is 1.79. The molecule has 0 saturated carbocycles. The number of hydrogen-bond donors (Lipinski definition) is 1. The zero-order valence-electron chi connectivity index (χ0n) is 8.80. The number of hydrogen-bond acceptors (Lipinski definition) is 5. The molecule has 1 atom stereocenters. The molecule has 1 N–H and O–H groups in total. The highest BCUT2D eigenvalue weighted by atomic mass is 16.5. The monoisotopic (exact) mass is 217 g/mol. The van der Waals surface area contributed by atoms with Crippen molar-refractivity contribution < 1.29 is 9.26 Å². The lowest BCUT2D eigenvalue weighted by Crippen LogP contribution is -2.12. The summed E-state index contributed by atoms with van der Waals surface area (Å²) >= 11 is 0. The fourth-order valence-corrected chi connectivity index (χ4v) is 1.79. The number of nitrogens with one attached hydrogen (secondary N) is 1. The van der Waals surface area contributed by atoms with Gasteiger partial charge in [-0.1, -0.05) is 23.4 Å². The van der Waals surface area contributed by atoms with Crippen LogP contribution in [0.3, 0.4) is 0 Å². The van der Waals surface area contributed by atoms with Gasteiger partial charge in [0.1, 0.15) is 12.4 Å². The molecule has 3 rings (SSSR count). The summed E-state index contributed by atoms with van der Waals surface area (Å²) in [6.45, 7) is 2.37. The van der Waals surface area contributed by atoms with Gasteiger partial charge in [-0.3, -0.25) is 0 Å². The Bertz CT molecular complexity index is 509. The molecule has 0 radical (unpaired) electrons. The third-order valence-electron chi connectivity index (χ3n) is 2.53. The van der Waals surface area contributed by atoms with Crippen LogP contribution in [-0.4, -0.2) is 16.7 Å². The van der Waals surface area contributed by atoms with Gasteiger partial charge in [0.25, 0.3) is 0 Å². The molecule has 1 aliphatic heterocycles. The Morgan fingerprint density at radius 1 is 1.38 bits per heavy atom. The maximum atomic E-state index is 5.54. The maximum absolute atomic E-state index is 5.54. The summed E-state index contributed by atoms with van der Waals surface area (Å²) in [4.78, 5) is 4.10. The molecule has 1 aliphatic rings. The van der Waals surface area contributed by atoms with E-state index in [1.165, 1.54) is 0 Å². The van der Waals surface area contributed by atoms with Gasteiger partial charge in [0.15, 0.2) is 5.82 Å². The summed E-state index contributed by atoms with van der Waals surface area (Å²) in [5.74, 6) is 1.53. The van der Waals surface area contributed by atoms with Gasteiger partial charge in [0.05, 0.1) is 6.04 Å². The van der Waals surface area contributed by atoms with Crippen LogP contribution in [0.4, 0.5) is 6.01 Å². The van der Waals surface area contributed by atoms with Crippen LogP contribution in [0.25, 0.3) is 0 Å². The summed E-state index contributed by atoms with van der Waals surface area (Å²) in [5.41, 5.74) is 1.12. The molecule has 0 spiro atoms. The second-order valence-electron chi connectivity index (χ2n) is 3.69. The van der Waals surface area contributed by atoms with Crippen LogP contribution in [0.15, 0.2) is 28.8 Å². The molecule has 1 unspecified atom stereocenters. The molecule has 0 aliphatic carbocycles. The lowest BCUT2D eigenvalue weighted by Gasteiger charge is -2.07. The third-order valence-corrected chi connectivity index (χ3v) is 2.53. The van der Waals surface area contributed by atoms with Crippen molar-refractivity contribution in [1.29, 1.82) is 0 Å². The van der Waals surface area contributed by atoms with Crippen LogP contribution in [0.2, 0.25) is 0 Å². The molecular formula is C11H11N3O2. The third kappa shape index (κ3) is 1.50. The average Bonchev–Trinajstić information content (AvgIpc) is 2.87. The quantitative estimate of drug-likeness (QED) is 0.832. The predicted molar refractivity (Wildman–Crippen MR) is 57.3 cm³/mol. The Morgan fingerprint density at radius 3 is 3.06 bits per heavy atom. The zero-order chi connectivity index (χ0) is 11.0. The Hall–Kier alpha value is -2.04. The molecule has 0 bridgehead atoms. The van der Waals surface area contributed by atoms with Crippen LogP contribution in [0.1, 0.15) is 17.4 Å². The van der Waals surface area contributed by atoms with Gasteiger partial charge in [-0.15, -0.1) is 0 Å². The largest absolute Gasteiger partial charge is 0.491 e. The molecule has 82 valence electrons. The van der Waals surface area contributed by atoms with Gasteiger partial charge in [0, 0.05) is 5.56 Å². The molecule has 0 amide bonds. The molecule has 2 heterocycles. The Kier molecular flexibility index (Phi) is 2.02. The predicted octanol–water partition coefficient (Wildman–Crippen LogP) is 1.92. The van der Waals surface area contributed by atoms with E-state index in [2.05, 4.69) is 15.5 Å². The normalized spacial score (nSPS) is 17.9. The second kappa shape index (κ2) is 3.52. The van der Waals surface area contributed by atoms with Crippen LogP contribution in [0, 0.1) is 6.92 Å². The first-order valence-electron chi connectivity index (χ1n) is 5.11. The van der Waals surface area contributed by atoms with Crippen LogP contribution in [0.5, 0.6) is 5.75 Å². The number of nitrogens with zero attached hydrogens (tertiary/aromatic N) is 2. The van der Waals surface area contributed by atoms with Crippen molar-refractivity contribution in [3.63, 3.8) is 0 Å². The van der Waals surface area contributed by atoms with Crippen molar-refractivity contribution in [2.24, 2.45) is 0 Å². The number of fused-ring (bicyclic) bond motifs is 1. The highest BCUT2D eigenvalue weighted by molar-refractivity contribution is 5.43. The Balaban J connectivity index is 1.83. The van der Waals surface area contributed by atoms with Crippen molar-refractivity contribution in [3.05, 3.63) is 35.7 Å². The Labute approximate surface area is 92.4 Å². The summed E-state index contributed by atoms with van der Waals surface area (Å²) in [6.07, 6.45) is 0. The molecule has 1 aromatic heterocycles. The fraction of sp³-hybridized carbons (Fsp3) is 0.273. The van der Waals surface area contributed by atoms with E-state index in [1.807, 2.05) is 24.3 Å². The summed E-state index contributed by atoms with van der Waals surface area (Å²) in [7, 11) is 0. The van der Waals surface area contributed by atoms with E-state index in [0.717, 1.165) is 11.3 Å². The number of rotatable bonds is 2. The molecule has 5 nitrogen and oxygen atoms in total. The lowest BCUT2D eigenvalue weighted by atomic mass is 10.1. The zero-order valence-corrected chi connectivity index (χ0v) is 8.80. The van der Waals surface area contributed by atoms with E-state index in [4.69, 9.17) is 9.26 Å². The van der Waals surface area contributed by atoms with Gasteiger partial charge in [-0.05, 0) is 13.0 Å². The van der Waals surface area contributed by atoms with Crippen molar-refractivity contribution in [3.8, 4) is 5.75 Å². The van der Waals surface area contributed by atoms with E-state index in [9.17, 15) is 0 Å². The lowest BCUT2D eigenvalue weighted by molar-refractivity contribution is 0.335. The molecule has 5 heteroatoms. The molecule has 2 aromatic rings. The first-order chi connectivity index (χ1) is 7.83. The van der Waals surface area contributed by atoms with Crippen LogP contribution >= 0.6 is 0 Å². The minimum atomic E-state index is 0.0797. The number of aryl methyl sites for hydroxylation is 1. The van der Waals surface area contributed by atoms with Crippen LogP contribution < -0.4 is 10.1 Å². The van der Waals surface area contributed by atoms with Crippen molar-refractivity contribution in [1.82, 2.24) is 10.1 Å².